The molecule has 4 unspecified atom stereocenters. The molecule has 2 aliphatic rings. The fourth-order valence-electron chi connectivity index (χ4n) is 3.40. The summed E-state index contributed by atoms with van der Waals surface area (Å²) >= 11 is 0. The maximum atomic E-state index is 12.8. The summed E-state index contributed by atoms with van der Waals surface area (Å²) < 4.78 is 0. The highest BCUT2D eigenvalue weighted by atomic mass is 16.2. The predicted octanol–water partition coefficient (Wildman–Crippen LogP) is 2.51. The molecule has 24 heavy (non-hydrogen) atoms. The largest absolute Gasteiger partial charge is 0.352 e. The number of imide groups is 1. The molecule has 0 bridgehead atoms. The lowest BCUT2D eigenvalue weighted by Gasteiger charge is -2.29. The standard InChI is InChI=1S/C19H30N2O3/c1-11(2)10-16(17(22)20-13(5)12(3)4)21-18(23)14-8-6-7-9-15(14)19(21)24/h6-7,11-16H,8-10H2,1-5H3,(H,20,22). The van der Waals surface area contributed by atoms with E-state index in [0.29, 0.717) is 25.2 Å². The lowest BCUT2D eigenvalue weighted by molar-refractivity contribution is -0.148. The average molecular weight is 334 g/mol. The maximum absolute atomic E-state index is 12.8. The zero-order valence-corrected chi connectivity index (χ0v) is 15.4. The highest BCUT2D eigenvalue weighted by Gasteiger charge is 2.51. The molecule has 1 fully saturated rings. The number of likely N-dealkylation sites (tertiary alicyclic amines) is 1. The number of carbonyl (C=O) groups is 3. The topological polar surface area (TPSA) is 66.5 Å². The van der Waals surface area contributed by atoms with E-state index in [1.807, 2.05) is 46.8 Å². The molecule has 0 saturated carbocycles. The minimum atomic E-state index is -0.697. The van der Waals surface area contributed by atoms with Crippen molar-refractivity contribution >= 4 is 17.7 Å². The number of nitrogens with one attached hydrogen (secondary N) is 1. The SMILES string of the molecule is CC(C)CC(C(=O)NC(C)C(C)C)N1C(=O)C2CC=CCC2C1=O. The summed E-state index contributed by atoms with van der Waals surface area (Å²) in [5.74, 6) is -0.611. The Bertz CT molecular complexity index is 513. The summed E-state index contributed by atoms with van der Waals surface area (Å²) in [6.45, 7) is 10.0. The lowest BCUT2D eigenvalue weighted by Crippen LogP contribution is -2.53. The Hall–Kier alpha value is -1.65. The van der Waals surface area contributed by atoms with Crippen LogP contribution in [0.15, 0.2) is 12.2 Å². The first-order valence-corrected chi connectivity index (χ1v) is 9.06. The van der Waals surface area contributed by atoms with Gasteiger partial charge >= 0.3 is 0 Å². The van der Waals surface area contributed by atoms with Gasteiger partial charge in [-0.1, -0.05) is 39.8 Å². The van der Waals surface area contributed by atoms with Gasteiger partial charge in [0.25, 0.3) is 0 Å². The molecule has 1 N–H and O–H groups in total. The summed E-state index contributed by atoms with van der Waals surface area (Å²) in [7, 11) is 0. The third-order valence-corrected chi connectivity index (χ3v) is 5.22. The van der Waals surface area contributed by atoms with Crippen molar-refractivity contribution in [1.29, 1.82) is 0 Å². The molecule has 0 aromatic rings. The van der Waals surface area contributed by atoms with Crippen LogP contribution in [0.25, 0.3) is 0 Å². The second kappa shape index (κ2) is 7.49. The van der Waals surface area contributed by atoms with Gasteiger partial charge in [0.1, 0.15) is 6.04 Å². The quantitative estimate of drug-likeness (QED) is 0.599. The molecule has 5 heteroatoms. The monoisotopic (exact) mass is 334 g/mol. The zero-order chi connectivity index (χ0) is 18.0. The number of allylic oxidation sites excluding steroid dienone is 2. The fourth-order valence-corrected chi connectivity index (χ4v) is 3.40. The van der Waals surface area contributed by atoms with Gasteiger partial charge in [0.15, 0.2) is 0 Å². The number of fused-ring (bicyclic) bond motifs is 1. The van der Waals surface area contributed by atoms with E-state index in [1.54, 1.807) is 0 Å². The smallest absolute Gasteiger partial charge is 0.243 e. The first-order valence-electron chi connectivity index (χ1n) is 9.06. The van der Waals surface area contributed by atoms with Crippen LogP contribution >= 0.6 is 0 Å². The van der Waals surface area contributed by atoms with Crippen LogP contribution in [-0.2, 0) is 14.4 Å². The minimum absolute atomic E-state index is 0.00362. The van der Waals surface area contributed by atoms with Crippen LogP contribution in [0.1, 0.15) is 53.9 Å². The van der Waals surface area contributed by atoms with Gasteiger partial charge in [0.2, 0.25) is 17.7 Å². The first-order chi connectivity index (χ1) is 11.2. The Labute approximate surface area is 144 Å². The van der Waals surface area contributed by atoms with Crippen molar-refractivity contribution in [1.82, 2.24) is 10.2 Å². The Morgan fingerprint density at radius 3 is 2.00 bits per heavy atom. The van der Waals surface area contributed by atoms with Gasteiger partial charge in [0, 0.05) is 6.04 Å². The summed E-state index contributed by atoms with van der Waals surface area (Å²) in [5, 5.41) is 2.98. The van der Waals surface area contributed by atoms with Crippen LogP contribution in [0.4, 0.5) is 0 Å². The van der Waals surface area contributed by atoms with Crippen LogP contribution in [-0.4, -0.2) is 34.7 Å². The van der Waals surface area contributed by atoms with Gasteiger partial charge in [-0.05, 0) is 38.0 Å². The molecule has 0 radical (unpaired) electrons. The van der Waals surface area contributed by atoms with Crippen LogP contribution in [0.2, 0.25) is 0 Å². The van der Waals surface area contributed by atoms with Crippen molar-refractivity contribution in [2.75, 3.05) is 0 Å². The van der Waals surface area contributed by atoms with E-state index in [4.69, 9.17) is 0 Å². The summed E-state index contributed by atoms with van der Waals surface area (Å²) in [6.07, 6.45) is 5.64. The molecule has 0 aromatic carbocycles. The van der Waals surface area contributed by atoms with Crippen LogP contribution in [0.3, 0.4) is 0 Å². The molecule has 1 heterocycles. The van der Waals surface area contributed by atoms with E-state index in [2.05, 4.69) is 5.32 Å². The number of carbonyl (C=O) groups excluding carboxylic acids is 3. The van der Waals surface area contributed by atoms with Gasteiger partial charge < -0.3 is 5.32 Å². The van der Waals surface area contributed by atoms with Crippen molar-refractivity contribution in [3.05, 3.63) is 12.2 Å². The van der Waals surface area contributed by atoms with E-state index in [-0.39, 0.29) is 41.5 Å². The normalized spacial score (nSPS) is 26.0. The Kier molecular flexibility index (Phi) is 5.83. The number of rotatable bonds is 6. The molecule has 134 valence electrons. The van der Waals surface area contributed by atoms with Crippen molar-refractivity contribution in [2.24, 2.45) is 23.7 Å². The molecule has 2 rings (SSSR count). The molecule has 1 saturated heterocycles. The van der Waals surface area contributed by atoms with Gasteiger partial charge in [0.05, 0.1) is 11.8 Å². The summed E-state index contributed by atoms with van der Waals surface area (Å²) in [6, 6.07) is -0.694. The van der Waals surface area contributed by atoms with E-state index in [0.717, 1.165) is 0 Å². The zero-order valence-electron chi connectivity index (χ0n) is 15.4. The highest BCUT2D eigenvalue weighted by Crippen LogP contribution is 2.37. The Morgan fingerprint density at radius 1 is 1.08 bits per heavy atom. The van der Waals surface area contributed by atoms with E-state index in [9.17, 15) is 14.4 Å². The lowest BCUT2D eigenvalue weighted by atomic mass is 9.85. The summed E-state index contributed by atoms with van der Waals surface area (Å²) in [5.41, 5.74) is 0. The second-order valence-corrected chi connectivity index (χ2v) is 7.89. The molecular formula is C19H30N2O3. The van der Waals surface area contributed by atoms with Crippen molar-refractivity contribution in [2.45, 2.75) is 66.0 Å². The first kappa shape index (κ1) is 18.7. The van der Waals surface area contributed by atoms with E-state index < -0.39 is 6.04 Å². The number of hydrogen-bond donors (Lipinski definition) is 1. The number of amides is 3. The number of hydrogen-bond acceptors (Lipinski definition) is 3. The summed E-state index contributed by atoms with van der Waals surface area (Å²) in [4.78, 5) is 39.6. The second-order valence-electron chi connectivity index (χ2n) is 7.89. The van der Waals surface area contributed by atoms with Gasteiger partial charge in [-0.15, -0.1) is 0 Å². The molecular weight excluding hydrogens is 304 g/mol. The van der Waals surface area contributed by atoms with Crippen LogP contribution in [0.5, 0.6) is 0 Å². The molecule has 0 aromatic heterocycles. The Balaban J connectivity index is 2.23. The third kappa shape index (κ3) is 3.70. The molecule has 1 aliphatic carbocycles. The van der Waals surface area contributed by atoms with E-state index in [1.165, 1.54) is 4.90 Å². The predicted molar refractivity (Wildman–Crippen MR) is 92.9 cm³/mol. The molecule has 4 atom stereocenters. The molecule has 5 nitrogen and oxygen atoms in total. The van der Waals surface area contributed by atoms with Crippen molar-refractivity contribution in [3.63, 3.8) is 0 Å². The fraction of sp³-hybridized carbons (Fsp3) is 0.737. The van der Waals surface area contributed by atoms with Crippen LogP contribution in [0, 0.1) is 23.7 Å². The molecule has 1 aliphatic heterocycles. The Morgan fingerprint density at radius 2 is 1.58 bits per heavy atom. The average Bonchev–Trinajstić information content (AvgIpc) is 2.77. The molecule has 0 spiro atoms. The van der Waals surface area contributed by atoms with Crippen LogP contribution < -0.4 is 5.32 Å². The third-order valence-electron chi connectivity index (χ3n) is 5.22. The van der Waals surface area contributed by atoms with Gasteiger partial charge in [-0.25, -0.2) is 0 Å². The maximum Gasteiger partial charge on any atom is 0.243 e. The van der Waals surface area contributed by atoms with E-state index >= 15 is 0 Å². The van der Waals surface area contributed by atoms with Crippen molar-refractivity contribution in [3.8, 4) is 0 Å². The highest BCUT2D eigenvalue weighted by molar-refractivity contribution is 6.08. The number of nitrogens with zero attached hydrogens (tertiary/aromatic N) is 1. The molecule has 3 amide bonds. The minimum Gasteiger partial charge on any atom is -0.352 e. The van der Waals surface area contributed by atoms with Gasteiger partial charge in [-0.3, -0.25) is 19.3 Å². The van der Waals surface area contributed by atoms with Gasteiger partial charge in [-0.2, -0.15) is 0 Å². The van der Waals surface area contributed by atoms with Crippen molar-refractivity contribution < 1.29 is 14.4 Å².